The Bertz CT molecular complexity index is 331. The van der Waals surface area contributed by atoms with Gasteiger partial charge in [0.15, 0.2) is 11.9 Å². The van der Waals surface area contributed by atoms with Crippen molar-refractivity contribution >= 4 is 22.9 Å². The summed E-state index contributed by atoms with van der Waals surface area (Å²) in [5.41, 5.74) is -1.10. The van der Waals surface area contributed by atoms with Crippen LogP contribution in [0.5, 0.6) is 0 Å². The Labute approximate surface area is 69.2 Å². The molecule has 0 N–H and O–H groups in total. The monoisotopic (exact) mass is 191 g/mol. The lowest BCUT2D eigenvalue weighted by Gasteiger charge is -2.03. The second-order valence-electron chi connectivity index (χ2n) is 2.36. The average Bonchev–Trinajstić information content (AvgIpc) is 2.67. The third-order valence-corrected chi connectivity index (χ3v) is 1.70. The highest BCUT2D eigenvalue weighted by atomic mass is 32.2. The van der Waals surface area contributed by atoms with Crippen LogP contribution in [-0.4, -0.2) is 26.4 Å². The minimum Gasteiger partial charge on any atom is -0.433 e. The van der Waals surface area contributed by atoms with Crippen LogP contribution in [0.2, 0.25) is 0 Å². The van der Waals surface area contributed by atoms with Gasteiger partial charge in [0.1, 0.15) is 0 Å². The molecular weight excluding hydrogens is 186 g/mol. The van der Waals surface area contributed by atoms with Gasteiger partial charge in [-0.2, -0.15) is 8.42 Å². The van der Waals surface area contributed by atoms with E-state index in [0.29, 0.717) is 19.1 Å². The van der Waals surface area contributed by atoms with Crippen LogP contribution >= 0.6 is 0 Å². The Morgan fingerprint density at radius 2 is 2.08 bits per heavy atom. The van der Waals surface area contributed by atoms with Crippen LogP contribution in [-0.2, 0) is 20.0 Å². The number of nitrogens with zero attached hydrogens (tertiary/aromatic N) is 1. The van der Waals surface area contributed by atoms with E-state index in [9.17, 15) is 18.0 Å². The molecule has 12 heavy (non-hydrogen) atoms. The van der Waals surface area contributed by atoms with Crippen LogP contribution < -0.4 is 0 Å². The summed E-state index contributed by atoms with van der Waals surface area (Å²) in [6, 6.07) is 0. The molecule has 0 aromatic heterocycles. The molecule has 66 valence electrons. The van der Waals surface area contributed by atoms with Gasteiger partial charge in [0, 0.05) is 0 Å². The zero-order chi connectivity index (χ0) is 9.19. The van der Waals surface area contributed by atoms with Gasteiger partial charge in [0.05, 0.1) is 0 Å². The van der Waals surface area contributed by atoms with E-state index in [1.54, 1.807) is 0 Å². The van der Waals surface area contributed by atoms with Gasteiger partial charge in [0.2, 0.25) is 0 Å². The molecule has 0 aromatic rings. The van der Waals surface area contributed by atoms with Crippen molar-refractivity contribution in [1.29, 1.82) is 0 Å². The zero-order valence-corrected chi connectivity index (χ0v) is 6.70. The second kappa shape index (κ2) is 3.02. The number of ether oxygens (including phenoxy) is 1. The first-order valence-electron chi connectivity index (χ1n) is 3.08. The first-order chi connectivity index (χ1) is 5.58. The Balaban J connectivity index is 2.58. The summed E-state index contributed by atoms with van der Waals surface area (Å²) in [5.74, 6) is 0. The standard InChI is InChI=1S/C5H5NO5S/c7-3-5(1-2-5)11-4(8)6-12(9)10/h3H,1-2H2. The molecular formula is C5H5NO5S. The van der Waals surface area contributed by atoms with Crippen molar-refractivity contribution in [3.63, 3.8) is 0 Å². The van der Waals surface area contributed by atoms with Gasteiger partial charge >= 0.3 is 16.6 Å². The van der Waals surface area contributed by atoms with Crippen molar-refractivity contribution in [3.8, 4) is 0 Å². The van der Waals surface area contributed by atoms with Gasteiger partial charge in [-0.05, 0) is 12.8 Å². The Hall–Kier alpha value is -1.24. The Kier molecular flexibility index (Phi) is 2.22. The maximum absolute atomic E-state index is 10.5. The van der Waals surface area contributed by atoms with Gasteiger partial charge in [-0.25, -0.2) is 4.79 Å². The predicted octanol–water partition coefficient (Wildman–Crippen LogP) is -0.0828. The first-order valence-corrected chi connectivity index (χ1v) is 4.12. The number of aldehydes is 1. The second-order valence-corrected chi connectivity index (χ2v) is 2.98. The molecule has 0 aliphatic heterocycles. The molecule has 0 aromatic carbocycles. The summed E-state index contributed by atoms with van der Waals surface area (Å²) in [7, 11) is -2.82. The third-order valence-electron chi connectivity index (χ3n) is 1.40. The summed E-state index contributed by atoms with van der Waals surface area (Å²) < 4.78 is 26.7. The summed E-state index contributed by atoms with van der Waals surface area (Å²) in [4.78, 5) is 20.8. The maximum atomic E-state index is 10.5. The van der Waals surface area contributed by atoms with Crippen LogP contribution in [0, 0.1) is 0 Å². The first kappa shape index (κ1) is 8.85. The van der Waals surface area contributed by atoms with Crippen LogP contribution in [0.25, 0.3) is 0 Å². The molecule has 0 heterocycles. The van der Waals surface area contributed by atoms with Crippen molar-refractivity contribution < 1.29 is 22.7 Å². The summed E-state index contributed by atoms with van der Waals surface area (Å²) in [6.07, 6.45) is 0.105. The number of amides is 1. The molecule has 1 aliphatic carbocycles. The number of carbonyl (C=O) groups excluding carboxylic acids is 2. The molecule has 0 bridgehead atoms. The lowest BCUT2D eigenvalue weighted by Crippen LogP contribution is -2.18. The fourth-order valence-corrected chi connectivity index (χ4v) is 0.780. The lowest BCUT2D eigenvalue weighted by atomic mass is 10.4. The highest BCUT2D eigenvalue weighted by Gasteiger charge is 2.47. The van der Waals surface area contributed by atoms with Crippen LogP contribution in [0.15, 0.2) is 4.36 Å². The van der Waals surface area contributed by atoms with Gasteiger partial charge in [-0.15, -0.1) is 0 Å². The predicted molar refractivity (Wildman–Crippen MR) is 35.9 cm³/mol. The van der Waals surface area contributed by atoms with Crippen molar-refractivity contribution in [2.75, 3.05) is 0 Å². The molecule has 0 radical (unpaired) electrons. The molecule has 0 saturated heterocycles. The minimum absolute atomic E-state index is 0.434. The van der Waals surface area contributed by atoms with E-state index >= 15 is 0 Å². The molecule has 0 spiro atoms. The van der Waals surface area contributed by atoms with Crippen molar-refractivity contribution in [3.05, 3.63) is 0 Å². The molecule has 6 nitrogen and oxygen atoms in total. The number of rotatable bonds is 2. The lowest BCUT2D eigenvalue weighted by molar-refractivity contribution is -0.116. The molecule has 1 saturated carbocycles. The molecule has 1 rings (SSSR count). The number of carbonyl (C=O) groups is 2. The largest absolute Gasteiger partial charge is 0.449 e. The van der Waals surface area contributed by atoms with Crippen molar-refractivity contribution in [1.82, 2.24) is 0 Å². The van der Waals surface area contributed by atoms with E-state index < -0.39 is 22.2 Å². The van der Waals surface area contributed by atoms with Crippen molar-refractivity contribution in [2.45, 2.75) is 18.4 Å². The van der Waals surface area contributed by atoms with Gasteiger partial charge in [-0.3, -0.25) is 4.79 Å². The van der Waals surface area contributed by atoms with Gasteiger partial charge in [0.25, 0.3) is 0 Å². The normalized spacial score (nSPS) is 17.7. The van der Waals surface area contributed by atoms with E-state index in [1.165, 1.54) is 0 Å². The van der Waals surface area contributed by atoms with Crippen LogP contribution in [0.4, 0.5) is 4.79 Å². The number of hydrogen-bond donors (Lipinski definition) is 0. The Morgan fingerprint density at radius 1 is 1.50 bits per heavy atom. The zero-order valence-electron chi connectivity index (χ0n) is 5.89. The van der Waals surface area contributed by atoms with E-state index in [4.69, 9.17) is 0 Å². The average molecular weight is 191 g/mol. The fraction of sp³-hybridized carbons (Fsp3) is 0.600. The Morgan fingerprint density at radius 3 is 2.42 bits per heavy atom. The van der Waals surface area contributed by atoms with Crippen LogP contribution in [0.1, 0.15) is 12.8 Å². The van der Waals surface area contributed by atoms with E-state index in [2.05, 4.69) is 9.10 Å². The molecule has 0 atom stereocenters. The minimum atomic E-state index is -2.82. The quantitative estimate of drug-likeness (QED) is 0.569. The van der Waals surface area contributed by atoms with Gasteiger partial charge in [-0.1, -0.05) is 4.36 Å². The van der Waals surface area contributed by atoms with Crippen molar-refractivity contribution in [2.24, 2.45) is 4.36 Å². The smallest absolute Gasteiger partial charge is 0.433 e. The number of hydrogen-bond acceptors (Lipinski definition) is 5. The van der Waals surface area contributed by atoms with E-state index in [1.807, 2.05) is 0 Å². The molecule has 7 heteroatoms. The fourth-order valence-electron chi connectivity index (χ4n) is 0.621. The van der Waals surface area contributed by atoms with E-state index in [0.717, 1.165) is 0 Å². The maximum Gasteiger partial charge on any atom is 0.449 e. The molecule has 1 amide bonds. The van der Waals surface area contributed by atoms with Gasteiger partial charge < -0.3 is 4.74 Å². The van der Waals surface area contributed by atoms with Crippen LogP contribution in [0.3, 0.4) is 0 Å². The molecule has 1 fully saturated rings. The van der Waals surface area contributed by atoms with E-state index in [-0.39, 0.29) is 0 Å². The topological polar surface area (TPSA) is 89.9 Å². The molecule has 0 unspecified atom stereocenters. The SMILES string of the molecule is O=CC1(OC(=O)N=S(=O)=O)CC1. The highest BCUT2D eigenvalue weighted by Crippen LogP contribution is 2.37. The summed E-state index contributed by atoms with van der Waals surface area (Å²) in [5, 5.41) is 0. The molecule has 1 aliphatic rings. The summed E-state index contributed by atoms with van der Waals surface area (Å²) in [6.45, 7) is 0. The third kappa shape index (κ3) is 2.12. The highest BCUT2D eigenvalue weighted by molar-refractivity contribution is 7.62. The summed E-state index contributed by atoms with van der Waals surface area (Å²) >= 11 is 0.